The van der Waals surface area contributed by atoms with Crippen LogP contribution in [-0.4, -0.2) is 48.2 Å². The van der Waals surface area contributed by atoms with E-state index in [2.05, 4.69) is 5.32 Å². The summed E-state index contributed by atoms with van der Waals surface area (Å²) in [5.74, 6) is 0.590. The van der Waals surface area contributed by atoms with E-state index in [-0.39, 0.29) is 36.5 Å². The maximum Gasteiger partial charge on any atom is 0.251 e. The van der Waals surface area contributed by atoms with Crippen molar-refractivity contribution in [3.05, 3.63) is 65.7 Å². The average Bonchev–Trinajstić information content (AvgIpc) is 2.79. The minimum absolute atomic E-state index is 0.0119. The van der Waals surface area contributed by atoms with Crippen LogP contribution in [0, 0.1) is 0 Å². The summed E-state index contributed by atoms with van der Waals surface area (Å²) in [6, 6.07) is 16.2. The molecule has 1 N–H and O–H groups in total. The SMILES string of the molecule is CCOc1ccc(C(=O)CCC(=O)N2CCC(NC(=O)c3ccccc3)CC2)cc1. The van der Waals surface area contributed by atoms with Crippen molar-refractivity contribution < 1.29 is 19.1 Å². The van der Waals surface area contributed by atoms with Gasteiger partial charge in [0.15, 0.2) is 5.78 Å². The van der Waals surface area contributed by atoms with E-state index in [1.165, 1.54) is 0 Å². The third-order valence-electron chi connectivity index (χ3n) is 5.27. The zero-order valence-corrected chi connectivity index (χ0v) is 17.3. The quantitative estimate of drug-likeness (QED) is 0.679. The van der Waals surface area contributed by atoms with Crippen molar-refractivity contribution in [3.8, 4) is 5.75 Å². The van der Waals surface area contributed by atoms with Gasteiger partial charge in [-0.05, 0) is 56.2 Å². The van der Waals surface area contributed by atoms with Crippen LogP contribution >= 0.6 is 0 Å². The molecule has 1 saturated heterocycles. The summed E-state index contributed by atoms with van der Waals surface area (Å²) >= 11 is 0. The topological polar surface area (TPSA) is 75.7 Å². The number of amides is 2. The van der Waals surface area contributed by atoms with Crippen LogP contribution in [0.3, 0.4) is 0 Å². The Bertz CT molecular complexity index is 857. The Hall–Kier alpha value is -3.15. The molecule has 0 spiro atoms. The molecule has 0 saturated carbocycles. The van der Waals surface area contributed by atoms with Crippen molar-refractivity contribution in [1.82, 2.24) is 10.2 Å². The number of nitrogens with zero attached hydrogens (tertiary/aromatic N) is 1. The van der Waals surface area contributed by atoms with Gasteiger partial charge in [0.25, 0.3) is 5.91 Å². The van der Waals surface area contributed by atoms with E-state index in [1.54, 1.807) is 41.3 Å². The van der Waals surface area contributed by atoms with Gasteiger partial charge in [0.1, 0.15) is 5.75 Å². The summed E-state index contributed by atoms with van der Waals surface area (Å²) in [7, 11) is 0. The lowest BCUT2D eigenvalue weighted by molar-refractivity contribution is -0.132. The normalized spacial score (nSPS) is 14.2. The number of hydrogen-bond acceptors (Lipinski definition) is 4. The highest BCUT2D eigenvalue weighted by Crippen LogP contribution is 2.16. The number of hydrogen-bond donors (Lipinski definition) is 1. The molecule has 1 aliphatic heterocycles. The Balaban J connectivity index is 1.40. The van der Waals surface area contributed by atoms with Crippen LogP contribution in [0.25, 0.3) is 0 Å². The zero-order valence-electron chi connectivity index (χ0n) is 17.3. The van der Waals surface area contributed by atoms with Crippen molar-refractivity contribution in [1.29, 1.82) is 0 Å². The molecule has 0 unspecified atom stereocenters. The first-order valence-electron chi connectivity index (χ1n) is 10.5. The van der Waals surface area contributed by atoms with Crippen molar-refractivity contribution >= 4 is 17.6 Å². The van der Waals surface area contributed by atoms with Gasteiger partial charge >= 0.3 is 0 Å². The molecule has 0 atom stereocenters. The van der Waals surface area contributed by atoms with Crippen molar-refractivity contribution in [2.75, 3.05) is 19.7 Å². The summed E-state index contributed by atoms with van der Waals surface area (Å²) in [5.41, 5.74) is 1.23. The smallest absolute Gasteiger partial charge is 0.251 e. The summed E-state index contributed by atoms with van der Waals surface area (Å²) in [6.07, 6.45) is 1.83. The minimum atomic E-state index is -0.0821. The minimum Gasteiger partial charge on any atom is -0.494 e. The predicted octanol–water partition coefficient (Wildman–Crippen LogP) is 3.47. The molecule has 1 fully saturated rings. The second-order valence-corrected chi connectivity index (χ2v) is 7.38. The standard InChI is InChI=1S/C24H28N2O4/c1-2-30-21-10-8-18(9-11-21)22(27)12-13-23(28)26-16-14-20(15-17-26)25-24(29)19-6-4-3-5-7-19/h3-11,20H,2,12-17H2,1H3,(H,25,29). The summed E-state index contributed by atoms with van der Waals surface area (Å²) in [6.45, 7) is 3.67. The number of carbonyl (C=O) groups is 3. The lowest BCUT2D eigenvalue weighted by atomic mass is 10.0. The van der Waals surface area contributed by atoms with E-state index in [0.717, 1.165) is 18.6 Å². The van der Waals surface area contributed by atoms with Gasteiger partial charge in [0.2, 0.25) is 5.91 Å². The fourth-order valence-corrected chi connectivity index (χ4v) is 3.56. The van der Waals surface area contributed by atoms with Crippen molar-refractivity contribution in [2.24, 2.45) is 0 Å². The molecule has 2 amide bonds. The summed E-state index contributed by atoms with van der Waals surface area (Å²) in [5, 5.41) is 3.04. The highest BCUT2D eigenvalue weighted by Gasteiger charge is 2.24. The largest absolute Gasteiger partial charge is 0.494 e. The third-order valence-corrected chi connectivity index (χ3v) is 5.27. The Morgan fingerprint density at radius 2 is 1.60 bits per heavy atom. The van der Waals surface area contributed by atoms with Gasteiger partial charge in [-0.15, -0.1) is 0 Å². The average molecular weight is 408 g/mol. The van der Waals surface area contributed by atoms with Gasteiger partial charge in [-0.3, -0.25) is 14.4 Å². The number of rotatable bonds is 8. The molecule has 30 heavy (non-hydrogen) atoms. The van der Waals surface area contributed by atoms with Gasteiger partial charge in [0.05, 0.1) is 6.61 Å². The fraction of sp³-hybridized carbons (Fsp3) is 0.375. The Morgan fingerprint density at radius 1 is 0.933 bits per heavy atom. The number of nitrogens with one attached hydrogen (secondary N) is 1. The molecule has 2 aromatic rings. The molecular weight excluding hydrogens is 380 g/mol. The lowest BCUT2D eigenvalue weighted by Gasteiger charge is -2.32. The molecular formula is C24H28N2O4. The van der Waals surface area contributed by atoms with Crippen molar-refractivity contribution in [3.63, 3.8) is 0 Å². The van der Waals surface area contributed by atoms with Gasteiger partial charge in [-0.25, -0.2) is 0 Å². The molecule has 0 radical (unpaired) electrons. The third kappa shape index (κ3) is 5.92. The maximum absolute atomic E-state index is 12.5. The fourth-order valence-electron chi connectivity index (χ4n) is 3.56. The molecule has 6 nitrogen and oxygen atoms in total. The Labute approximate surface area is 177 Å². The molecule has 1 aliphatic rings. The monoisotopic (exact) mass is 408 g/mol. The number of likely N-dealkylation sites (tertiary alicyclic amines) is 1. The predicted molar refractivity (Wildman–Crippen MR) is 115 cm³/mol. The highest BCUT2D eigenvalue weighted by molar-refractivity contribution is 5.98. The van der Waals surface area contributed by atoms with E-state index in [4.69, 9.17) is 4.74 Å². The number of ketones is 1. The molecule has 158 valence electrons. The van der Waals surface area contributed by atoms with E-state index in [0.29, 0.717) is 30.8 Å². The van der Waals surface area contributed by atoms with Gasteiger partial charge in [-0.1, -0.05) is 18.2 Å². The Kier molecular flexibility index (Phi) is 7.60. The van der Waals surface area contributed by atoms with Crippen LogP contribution in [-0.2, 0) is 4.79 Å². The number of ether oxygens (including phenoxy) is 1. The summed E-state index contributed by atoms with van der Waals surface area (Å²) < 4.78 is 5.38. The van der Waals surface area contributed by atoms with E-state index >= 15 is 0 Å². The second-order valence-electron chi connectivity index (χ2n) is 7.38. The van der Waals surface area contributed by atoms with Gasteiger partial charge in [0, 0.05) is 43.1 Å². The molecule has 0 aliphatic carbocycles. The molecule has 2 aromatic carbocycles. The van der Waals surface area contributed by atoms with Gasteiger partial charge in [-0.2, -0.15) is 0 Å². The van der Waals surface area contributed by atoms with Crippen LogP contribution < -0.4 is 10.1 Å². The van der Waals surface area contributed by atoms with E-state index in [1.807, 2.05) is 25.1 Å². The number of carbonyl (C=O) groups excluding carboxylic acids is 3. The number of Topliss-reactive ketones (excluding diaryl/α,β-unsaturated/α-hetero) is 1. The summed E-state index contributed by atoms with van der Waals surface area (Å²) in [4.78, 5) is 38.9. The molecule has 6 heteroatoms. The molecule has 3 rings (SSSR count). The van der Waals surface area contributed by atoms with Gasteiger partial charge < -0.3 is 15.0 Å². The first-order valence-corrected chi connectivity index (χ1v) is 10.5. The second kappa shape index (κ2) is 10.6. The van der Waals surface area contributed by atoms with Crippen LogP contribution in [0.1, 0.15) is 53.3 Å². The molecule has 0 aromatic heterocycles. The maximum atomic E-state index is 12.5. The van der Waals surface area contributed by atoms with Crippen LogP contribution in [0.2, 0.25) is 0 Å². The number of piperidine rings is 1. The first kappa shape index (κ1) is 21.6. The molecule has 0 bridgehead atoms. The highest BCUT2D eigenvalue weighted by atomic mass is 16.5. The zero-order chi connectivity index (χ0) is 21.3. The number of benzene rings is 2. The molecule has 1 heterocycles. The van der Waals surface area contributed by atoms with E-state index < -0.39 is 0 Å². The van der Waals surface area contributed by atoms with Crippen LogP contribution in [0.5, 0.6) is 5.75 Å². The van der Waals surface area contributed by atoms with Crippen molar-refractivity contribution in [2.45, 2.75) is 38.6 Å². The van der Waals surface area contributed by atoms with Crippen LogP contribution in [0.4, 0.5) is 0 Å². The van der Waals surface area contributed by atoms with E-state index in [9.17, 15) is 14.4 Å². The first-order chi connectivity index (χ1) is 14.6. The van der Waals surface area contributed by atoms with Crippen LogP contribution in [0.15, 0.2) is 54.6 Å². The Morgan fingerprint density at radius 3 is 2.23 bits per heavy atom. The lowest BCUT2D eigenvalue weighted by Crippen LogP contribution is -2.46.